The van der Waals surface area contributed by atoms with E-state index in [0.29, 0.717) is 6.04 Å². The first-order valence-electron chi connectivity index (χ1n) is 7.61. The van der Waals surface area contributed by atoms with E-state index in [4.69, 9.17) is 4.74 Å². The average molecular weight is 280 g/mol. The van der Waals surface area contributed by atoms with Gasteiger partial charge in [0.1, 0.15) is 12.4 Å². The smallest absolute Gasteiger partial charge is 0.208 e. The van der Waals surface area contributed by atoms with E-state index in [1.807, 2.05) is 12.1 Å². The molecule has 1 aliphatic heterocycles. The Morgan fingerprint density at radius 3 is 2.71 bits per heavy atom. The van der Waals surface area contributed by atoms with Crippen molar-refractivity contribution in [2.45, 2.75) is 33.2 Å². The van der Waals surface area contributed by atoms with Gasteiger partial charge < -0.3 is 4.74 Å². The molecule has 2 nitrogen and oxygen atoms in total. The molecule has 1 unspecified atom stereocenters. The molecule has 2 aromatic rings. The predicted octanol–water partition coefficient (Wildman–Crippen LogP) is 4.24. The molecule has 1 atom stereocenters. The summed E-state index contributed by atoms with van der Waals surface area (Å²) in [6.45, 7) is 7.25. The Morgan fingerprint density at radius 1 is 1.14 bits per heavy atom. The normalized spacial score (nSPS) is 17.5. The second-order valence-corrected chi connectivity index (χ2v) is 5.74. The Balaban J connectivity index is 2.14. The summed E-state index contributed by atoms with van der Waals surface area (Å²) in [5.41, 5.74) is 5.03. The highest BCUT2D eigenvalue weighted by Gasteiger charge is 2.27. The third-order valence-corrected chi connectivity index (χ3v) is 4.12. The Morgan fingerprint density at radius 2 is 1.95 bits per heavy atom. The van der Waals surface area contributed by atoms with Crippen molar-refractivity contribution in [1.82, 2.24) is 0 Å². The van der Waals surface area contributed by atoms with Gasteiger partial charge in [-0.15, -0.1) is 0 Å². The van der Waals surface area contributed by atoms with Crippen molar-refractivity contribution >= 4 is 11.9 Å². The monoisotopic (exact) mass is 280 g/mol. The van der Waals surface area contributed by atoms with Crippen LogP contribution in [-0.4, -0.2) is 23.4 Å². The van der Waals surface area contributed by atoms with E-state index in [1.54, 1.807) is 0 Å². The number of aryl methyl sites for hydroxylation is 2. The minimum absolute atomic E-state index is 0.360. The molecule has 2 aromatic carbocycles. The molecule has 0 aliphatic carbocycles. The number of ether oxygens (including phenoxy) is 1. The first kappa shape index (κ1) is 13.9. The van der Waals surface area contributed by atoms with Gasteiger partial charge in [-0.25, -0.2) is 0 Å². The van der Waals surface area contributed by atoms with Crippen molar-refractivity contribution in [3.05, 3.63) is 59.2 Å². The topological polar surface area (TPSA) is 12.2 Å². The Labute approximate surface area is 126 Å². The fraction of sp³-hybridized carbons (Fsp3) is 0.316. The van der Waals surface area contributed by atoms with Crippen molar-refractivity contribution in [3.63, 3.8) is 0 Å². The summed E-state index contributed by atoms with van der Waals surface area (Å²) in [7, 11) is 0. The molecule has 0 saturated heterocycles. The lowest BCUT2D eigenvalue weighted by atomic mass is 10.1. The maximum atomic E-state index is 5.99. The lowest BCUT2D eigenvalue weighted by Crippen LogP contribution is -2.28. The van der Waals surface area contributed by atoms with Crippen molar-refractivity contribution in [3.8, 4) is 5.75 Å². The molecule has 0 amide bonds. The molecule has 2 heteroatoms. The lowest BCUT2D eigenvalue weighted by Gasteiger charge is -2.13. The van der Waals surface area contributed by atoms with E-state index in [9.17, 15) is 0 Å². The van der Waals surface area contributed by atoms with Gasteiger partial charge in [0.25, 0.3) is 0 Å². The van der Waals surface area contributed by atoms with E-state index in [-0.39, 0.29) is 0 Å². The highest BCUT2D eigenvalue weighted by atomic mass is 16.5. The average Bonchev–Trinajstić information content (AvgIpc) is 2.66. The number of para-hydroxylation sites is 1. The standard InChI is InChI=1S/C19H22NO/c1-4-17-13-21-19-8-6-5-7-16(19)12-20(17)18-10-9-14(2)11-15(18)3/h5-12,17H,4,13H2,1-3H3/q+1. The van der Waals surface area contributed by atoms with Gasteiger partial charge in [-0.05, 0) is 32.0 Å². The number of nitrogens with zero attached hydrogens (tertiary/aromatic N) is 1. The van der Waals surface area contributed by atoms with Crippen molar-refractivity contribution < 1.29 is 9.31 Å². The van der Waals surface area contributed by atoms with Crippen LogP contribution in [0.2, 0.25) is 0 Å². The fourth-order valence-electron chi connectivity index (χ4n) is 2.92. The Kier molecular flexibility index (Phi) is 3.78. The van der Waals surface area contributed by atoms with Crippen LogP contribution in [-0.2, 0) is 0 Å². The number of benzene rings is 2. The van der Waals surface area contributed by atoms with Crippen LogP contribution in [0.25, 0.3) is 0 Å². The van der Waals surface area contributed by atoms with Crippen molar-refractivity contribution in [2.75, 3.05) is 6.61 Å². The van der Waals surface area contributed by atoms with Crippen molar-refractivity contribution in [1.29, 1.82) is 0 Å². The van der Waals surface area contributed by atoms with Crippen LogP contribution in [0.15, 0.2) is 42.5 Å². The molecule has 108 valence electrons. The van der Waals surface area contributed by atoms with E-state index in [2.05, 4.69) is 61.9 Å². The van der Waals surface area contributed by atoms with Crippen LogP contribution in [0.3, 0.4) is 0 Å². The van der Waals surface area contributed by atoms with Crippen molar-refractivity contribution in [2.24, 2.45) is 0 Å². The van der Waals surface area contributed by atoms with Gasteiger partial charge in [0.05, 0.1) is 5.56 Å². The largest absolute Gasteiger partial charge is 0.486 e. The third-order valence-electron chi connectivity index (χ3n) is 4.12. The minimum Gasteiger partial charge on any atom is -0.486 e. The van der Waals surface area contributed by atoms with E-state index in [0.717, 1.165) is 24.3 Å². The molecule has 0 aromatic heterocycles. The van der Waals surface area contributed by atoms with Crippen LogP contribution in [0.1, 0.15) is 30.0 Å². The zero-order valence-corrected chi connectivity index (χ0v) is 13.0. The van der Waals surface area contributed by atoms with Crippen LogP contribution in [0.5, 0.6) is 5.75 Å². The van der Waals surface area contributed by atoms with E-state index >= 15 is 0 Å². The van der Waals surface area contributed by atoms with Crippen LogP contribution < -0.4 is 4.74 Å². The Bertz CT molecular complexity index is 688. The number of fused-ring (bicyclic) bond motifs is 1. The summed E-state index contributed by atoms with van der Waals surface area (Å²) in [5.74, 6) is 0.975. The van der Waals surface area contributed by atoms with Gasteiger partial charge in [0, 0.05) is 18.1 Å². The molecule has 0 N–H and O–H groups in total. The zero-order valence-electron chi connectivity index (χ0n) is 13.0. The summed E-state index contributed by atoms with van der Waals surface area (Å²) < 4.78 is 8.37. The maximum absolute atomic E-state index is 5.99. The molecule has 1 aliphatic rings. The third kappa shape index (κ3) is 2.71. The molecule has 21 heavy (non-hydrogen) atoms. The van der Waals surface area contributed by atoms with E-state index in [1.165, 1.54) is 16.8 Å². The minimum atomic E-state index is 0.360. The summed E-state index contributed by atoms with van der Waals surface area (Å²) in [6.07, 6.45) is 3.28. The predicted molar refractivity (Wildman–Crippen MR) is 87.0 cm³/mol. The van der Waals surface area contributed by atoms with Crippen LogP contribution in [0, 0.1) is 13.8 Å². The summed E-state index contributed by atoms with van der Waals surface area (Å²) in [6, 6.07) is 15.3. The first-order chi connectivity index (χ1) is 10.2. The molecule has 0 fully saturated rings. The SMILES string of the molecule is CCC1COc2ccccc2C=[N+]1c1ccc(C)cc1C. The highest BCUT2D eigenvalue weighted by Crippen LogP contribution is 2.26. The molecule has 0 saturated carbocycles. The van der Waals surface area contributed by atoms with Gasteiger partial charge in [-0.1, -0.05) is 30.7 Å². The molecular formula is C19H22NO+. The zero-order chi connectivity index (χ0) is 14.8. The molecule has 0 spiro atoms. The molecule has 1 heterocycles. The van der Waals surface area contributed by atoms with Crippen LogP contribution in [0.4, 0.5) is 5.69 Å². The van der Waals surface area contributed by atoms with Gasteiger partial charge in [-0.3, -0.25) is 0 Å². The van der Waals surface area contributed by atoms with Crippen LogP contribution >= 0.6 is 0 Å². The molecular weight excluding hydrogens is 258 g/mol. The molecule has 3 rings (SSSR count). The summed E-state index contributed by atoms with van der Waals surface area (Å²) in [4.78, 5) is 0. The second kappa shape index (κ2) is 5.72. The van der Waals surface area contributed by atoms with Gasteiger partial charge in [-0.2, -0.15) is 4.58 Å². The van der Waals surface area contributed by atoms with Gasteiger partial charge in [0.2, 0.25) is 5.69 Å². The fourth-order valence-corrected chi connectivity index (χ4v) is 2.92. The summed E-state index contributed by atoms with van der Waals surface area (Å²) >= 11 is 0. The quantitative estimate of drug-likeness (QED) is 0.750. The van der Waals surface area contributed by atoms with Gasteiger partial charge in [0.15, 0.2) is 12.3 Å². The van der Waals surface area contributed by atoms with Gasteiger partial charge >= 0.3 is 0 Å². The Hall–Kier alpha value is -2.09. The summed E-state index contributed by atoms with van der Waals surface area (Å²) in [5, 5.41) is 0. The number of hydrogen-bond donors (Lipinski definition) is 0. The first-order valence-corrected chi connectivity index (χ1v) is 7.61. The molecule has 0 radical (unpaired) electrons. The van der Waals surface area contributed by atoms with E-state index < -0.39 is 0 Å². The number of rotatable bonds is 2. The number of hydrogen-bond acceptors (Lipinski definition) is 1. The molecule has 0 bridgehead atoms. The highest BCUT2D eigenvalue weighted by molar-refractivity contribution is 5.81. The lowest BCUT2D eigenvalue weighted by molar-refractivity contribution is -0.482. The second-order valence-electron chi connectivity index (χ2n) is 5.74. The maximum Gasteiger partial charge on any atom is 0.208 e.